The largest absolute Gasteiger partial charge is 0.381 e. The third kappa shape index (κ3) is 2.40. The van der Waals surface area contributed by atoms with Crippen molar-refractivity contribution in [1.82, 2.24) is 4.90 Å². The molecular weight excluding hydrogens is 204 g/mol. The van der Waals surface area contributed by atoms with Crippen LogP contribution in [0.5, 0.6) is 0 Å². The molecule has 0 aromatic rings. The van der Waals surface area contributed by atoms with Crippen molar-refractivity contribution in [3.8, 4) is 0 Å². The summed E-state index contributed by atoms with van der Waals surface area (Å²) in [6.45, 7) is 4.15. The van der Waals surface area contributed by atoms with E-state index in [0.717, 1.165) is 52.1 Å². The van der Waals surface area contributed by atoms with Gasteiger partial charge in [0.1, 0.15) is 0 Å². The summed E-state index contributed by atoms with van der Waals surface area (Å²) in [6, 6.07) is 0.610. The van der Waals surface area contributed by atoms with Gasteiger partial charge in [-0.15, -0.1) is 0 Å². The van der Waals surface area contributed by atoms with E-state index in [4.69, 9.17) is 15.2 Å². The minimum atomic E-state index is 0.0697. The summed E-state index contributed by atoms with van der Waals surface area (Å²) in [4.78, 5) is 2.47. The van der Waals surface area contributed by atoms with Gasteiger partial charge in [0.25, 0.3) is 0 Å². The first-order valence-corrected chi connectivity index (χ1v) is 6.37. The molecule has 0 amide bonds. The summed E-state index contributed by atoms with van der Waals surface area (Å²) in [6.07, 6.45) is 4.54. The SMILES string of the molecule is CN(C1CCOCC1)C1(CN)CCCOC1. The van der Waals surface area contributed by atoms with Gasteiger partial charge in [0.15, 0.2) is 0 Å². The van der Waals surface area contributed by atoms with E-state index in [1.807, 2.05) is 0 Å². The fraction of sp³-hybridized carbons (Fsp3) is 1.00. The molecule has 0 radical (unpaired) electrons. The fourth-order valence-corrected chi connectivity index (χ4v) is 2.88. The van der Waals surface area contributed by atoms with E-state index in [1.165, 1.54) is 0 Å². The Bertz CT molecular complexity index is 211. The Balaban J connectivity index is 2.00. The summed E-state index contributed by atoms with van der Waals surface area (Å²) < 4.78 is 11.0. The lowest BCUT2D eigenvalue weighted by atomic mass is 9.88. The molecule has 0 aliphatic carbocycles. The van der Waals surface area contributed by atoms with E-state index in [-0.39, 0.29) is 5.54 Å². The number of hydrogen-bond acceptors (Lipinski definition) is 4. The Morgan fingerprint density at radius 3 is 2.56 bits per heavy atom. The summed E-state index contributed by atoms with van der Waals surface area (Å²) in [5.74, 6) is 0. The first kappa shape index (κ1) is 12.3. The normalized spacial score (nSPS) is 33.2. The fourth-order valence-electron chi connectivity index (χ4n) is 2.88. The van der Waals surface area contributed by atoms with Gasteiger partial charge in [-0.2, -0.15) is 0 Å². The van der Waals surface area contributed by atoms with E-state index in [1.54, 1.807) is 0 Å². The Morgan fingerprint density at radius 2 is 2.00 bits per heavy atom. The zero-order chi connectivity index (χ0) is 11.4. The van der Waals surface area contributed by atoms with Crippen LogP contribution in [0.15, 0.2) is 0 Å². The van der Waals surface area contributed by atoms with Crippen molar-refractivity contribution >= 4 is 0 Å². The average Bonchev–Trinajstić information content (AvgIpc) is 2.39. The van der Waals surface area contributed by atoms with Crippen LogP contribution < -0.4 is 5.73 Å². The van der Waals surface area contributed by atoms with Crippen LogP contribution in [0.25, 0.3) is 0 Å². The molecule has 94 valence electrons. The molecule has 0 saturated carbocycles. The molecule has 2 heterocycles. The summed E-state index contributed by atoms with van der Waals surface area (Å²) >= 11 is 0. The molecule has 0 bridgehead atoms. The predicted octanol–water partition coefficient (Wildman–Crippen LogP) is 0.605. The molecule has 16 heavy (non-hydrogen) atoms. The van der Waals surface area contributed by atoms with Crippen LogP contribution in [-0.4, -0.2) is 56.5 Å². The van der Waals surface area contributed by atoms with Gasteiger partial charge in [0.05, 0.1) is 12.1 Å². The third-order valence-electron chi connectivity index (χ3n) is 4.17. The number of nitrogens with zero attached hydrogens (tertiary/aromatic N) is 1. The van der Waals surface area contributed by atoms with E-state index in [0.29, 0.717) is 12.6 Å². The Kier molecular flexibility index (Phi) is 4.19. The molecule has 0 aromatic carbocycles. The van der Waals surface area contributed by atoms with E-state index >= 15 is 0 Å². The number of ether oxygens (including phenoxy) is 2. The second kappa shape index (κ2) is 5.45. The first-order chi connectivity index (χ1) is 7.78. The van der Waals surface area contributed by atoms with Crippen molar-refractivity contribution in [3.63, 3.8) is 0 Å². The monoisotopic (exact) mass is 228 g/mol. The van der Waals surface area contributed by atoms with Gasteiger partial charge in [-0.05, 0) is 32.7 Å². The van der Waals surface area contributed by atoms with Crippen molar-refractivity contribution in [1.29, 1.82) is 0 Å². The second-order valence-corrected chi connectivity index (χ2v) is 5.04. The molecule has 1 atom stereocenters. The van der Waals surface area contributed by atoms with Gasteiger partial charge in [0, 0.05) is 32.4 Å². The van der Waals surface area contributed by atoms with Crippen molar-refractivity contribution in [2.24, 2.45) is 5.73 Å². The molecular formula is C12H24N2O2. The molecule has 1 unspecified atom stereocenters. The molecule has 2 rings (SSSR count). The van der Waals surface area contributed by atoms with Gasteiger partial charge in [-0.1, -0.05) is 0 Å². The molecule has 4 heteroatoms. The van der Waals surface area contributed by atoms with E-state index in [2.05, 4.69) is 11.9 Å². The van der Waals surface area contributed by atoms with Crippen LogP contribution in [0.1, 0.15) is 25.7 Å². The number of nitrogens with two attached hydrogens (primary N) is 1. The average molecular weight is 228 g/mol. The Hall–Kier alpha value is -0.160. The summed E-state index contributed by atoms with van der Waals surface area (Å²) in [5, 5.41) is 0. The third-order valence-corrected chi connectivity index (χ3v) is 4.17. The van der Waals surface area contributed by atoms with Crippen LogP contribution in [0.3, 0.4) is 0 Å². The standard InChI is InChI=1S/C12H24N2O2/c1-14(11-3-7-15-8-4-11)12(9-13)5-2-6-16-10-12/h11H,2-10,13H2,1H3. The summed E-state index contributed by atoms with van der Waals surface area (Å²) in [5.41, 5.74) is 6.06. The van der Waals surface area contributed by atoms with Crippen LogP contribution in [0, 0.1) is 0 Å². The van der Waals surface area contributed by atoms with Gasteiger partial charge in [-0.25, -0.2) is 0 Å². The number of likely N-dealkylation sites (N-methyl/N-ethyl adjacent to an activating group) is 1. The van der Waals surface area contributed by atoms with Crippen LogP contribution >= 0.6 is 0 Å². The molecule has 0 aromatic heterocycles. The molecule has 2 N–H and O–H groups in total. The lowest BCUT2D eigenvalue weighted by Crippen LogP contribution is -2.61. The lowest BCUT2D eigenvalue weighted by Gasteiger charge is -2.48. The highest BCUT2D eigenvalue weighted by atomic mass is 16.5. The minimum absolute atomic E-state index is 0.0697. The highest BCUT2D eigenvalue weighted by Gasteiger charge is 2.39. The van der Waals surface area contributed by atoms with Crippen molar-refractivity contribution in [2.45, 2.75) is 37.3 Å². The van der Waals surface area contributed by atoms with Gasteiger partial charge >= 0.3 is 0 Å². The second-order valence-electron chi connectivity index (χ2n) is 5.04. The molecule has 2 aliphatic rings. The van der Waals surface area contributed by atoms with E-state index in [9.17, 15) is 0 Å². The maximum atomic E-state index is 5.99. The van der Waals surface area contributed by atoms with Crippen LogP contribution in [0.4, 0.5) is 0 Å². The molecule has 4 nitrogen and oxygen atoms in total. The quantitative estimate of drug-likeness (QED) is 0.768. The maximum Gasteiger partial charge on any atom is 0.0662 e. The van der Waals surface area contributed by atoms with Gasteiger partial charge < -0.3 is 15.2 Å². The lowest BCUT2D eigenvalue weighted by molar-refractivity contribution is -0.0701. The minimum Gasteiger partial charge on any atom is -0.381 e. The number of hydrogen-bond donors (Lipinski definition) is 1. The zero-order valence-corrected chi connectivity index (χ0v) is 10.3. The van der Waals surface area contributed by atoms with E-state index < -0.39 is 0 Å². The first-order valence-electron chi connectivity index (χ1n) is 6.37. The zero-order valence-electron chi connectivity index (χ0n) is 10.3. The smallest absolute Gasteiger partial charge is 0.0662 e. The molecule has 2 fully saturated rings. The highest BCUT2D eigenvalue weighted by molar-refractivity contribution is 4.95. The van der Waals surface area contributed by atoms with Crippen LogP contribution in [-0.2, 0) is 9.47 Å². The van der Waals surface area contributed by atoms with Crippen molar-refractivity contribution in [3.05, 3.63) is 0 Å². The maximum absolute atomic E-state index is 5.99. The van der Waals surface area contributed by atoms with Crippen molar-refractivity contribution < 1.29 is 9.47 Å². The highest BCUT2D eigenvalue weighted by Crippen LogP contribution is 2.28. The topological polar surface area (TPSA) is 47.7 Å². The van der Waals surface area contributed by atoms with Gasteiger partial charge in [0.2, 0.25) is 0 Å². The molecule has 0 spiro atoms. The van der Waals surface area contributed by atoms with Crippen LogP contribution in [0.2, 0.25) is 0 Å². The van der Waals surface area contributed by atoms with Gasteiger partial charge in [-0.3, -0.25) is 4.90 Å². The number of rotatable bonds is 3. The summed E-state index contributed by atoms with van der Waals surface area (Å²) in [7, 11) is 2.21. The molecule has 2 saturated heterocycles. The molecule has 2 aliphatic heterocycles. The predicted molar refractivity (Wildman–Crippen MR) is 63.4 cm³/mol. The Labute approximate surface area is 98.1 Å². The van der Waals surface area contributed by atoms with Crippen molar-refractivity contribution in [2.75, 3.05) is 40.0 Å². The Morgan fingerprint density at radius 1 is 1.25 bits per heavy atom.